The number of thioether (sulfide) groups is 1. The Bertz CT molecular complexity index is 749. The molecule has 2 aromatic carbocycles. The van der Waals surface area contributed by atoms with E-state index in [2.05, 4.69) is 10.6 Å². The second-order valence-corrected chi connectivity index (χ2v) is 6.03. The molecule has 4 nitrogen and oxygen atoms in total. The fourth-order valence-electron chi connectivity index (χ4n) is 2.07. The maximum Gasteiger partial charge on any atom is 0.288 e. The molecule has 2 amide bonds. The summed E-state index contributed by atoms with van der Waals surface area (Å²) in [5.74, 6) is -3.05. The van der Waals surface area contributed by atoms with Gasteiger partial charge in [-0.3, -0.25) is 9.59 Å². The summed E-state index contributed by atoms with van der Waals surface area (Å²) in [4.78, 5) is 24.2. The van der Waals surface area contributed by atoms with Crippen LogP contribution in [-0.4, -0.2) is 24.6 Å². The molecule has 7 heteroatoms. The lowest BCUT2D eigenvalue weighted by Gasteiger charge is -2.10. The van der Waals surface area contributed by atoms with E-state index in [1.54, 1.807) is 32.2 Å². The third-order valence-electron chi connectivity index (χ3n) is 3.31. The van der Waals surface area contributed by atoms with Gasteiger partial charge in [0, 0.05) is 28.8 Å². The molecule has 0 fully saturated rings. The van der Waals surface area contributed by atoms with Gasteiger partial charge in [0.05, 0.1) is 0 Å². The maximum atomic E-state index is 12.3. The first-order valence-corrected chi connectivity index (χ1v) is 7.97. The van der Waals surface area contributed by atoms with E-state index in [4.69, 9.17) is 0 Å². The number of carbonyl (C=O) groups excluding carboxylic acids is 2. The van der Waals surface area contributed by atoms with E-state index in [0.717, 1.165) is 5.56 Å². The Morgan fingerprint density at radius 3 is 2.17 bits per heavy atom. The standard InChI is InChI=1S/C17H16F2N2O2S/c1-10-9-12(15(22)20-2)5-8-14(10)21-16(23)11-3-6-13(7-4-11)24-17(18)19/h3-9,17H,1-2H3,(H,20,22)(H,21,23). The van der Waals surface area contributed by atoms with Crippen molar-refractivity contribution in [2.24, 2.45) is 0 Å². The van der Waals surface area contributed by atoms with Gasteiger partial charge in [-0.1, -0.05) is 11.8 Å². The first-order chi connectivity index (χ1) is 11.4. The number of rotatable bonds is 5. The van der Waals surface area contributed by atoms with Crippen molar-refractivity contribution in [2.45, 2.75) is 17.6 Å². The molecular formula is C17H16F2N2O2S. The van der Waals surface area contributed by atoms with Crippen LogP contribution in [0.3, 0.4) is 0 Å². The maximum absolute atomic E-state index is 12.3. The van der Waals surface area contributed by atoms with E-state index in [0.29, 0.717) is 33.5 Å². The zero-order chi connectivity index (χ0) is 17.7. The second kappa shape index (κ2) is 7.92. The summed E-state index contributed by atoms with van der Waals surface area (Å²) in [6, 6.07) is 10.9. The zero-order valence-electron chi connectivity index (χ0n) is 13.1. The van der Waals surface area contributed by atoms with Crippen LogP contribution >= 0.6 is 11.8 Å². The molecule has 2 N–H and O–H groups in total. The van der Waals surface area contributed by atoms with Crippen LogP contribution in [-0.2, 0) is 0 Å². The highest BCUT2D eigenvalue weighted by molar-refractivity contribution is 7.99. The van der Waals surface area contributed by atoms with E-state index in [1.807, 2.05) is 0 Å². The molecule has 0 aromatic heterocycles. The van der Waals surface area contributed by atoms with E-state index in [9.17, 15) is 18.4 Å². The van der Waals surface area contributed by atoms with Crippen LogP contribution in [0.1, 0.15) is 26.3 Å². The molecule has 0 saturated heterocycles. The average molecular weight is 350 g/mol. The van der Waals surface area contributed by atoms with E-state index >= 15 is 0 Å². The molecule has 2 rings (SSSR count). The second-order valence-electron chi connectivity index (χ2n) is 4.97. The van der Waals surface area contributed by atoms with Crippen molar-refractivity contribution in [3.05, 3.63) is 59.2 Å². The van der Waals surface area contributed by atoms with Gasteiger partial charge in [-0.2, -0.15) is 8.78 Å². The first-order valence-electron chi connectivity index (χ1n) is 7.09. The molecule has 2 aromatic rings. The highest BCUT2D eigenvalue weighted by atomic mass is 32.2. The number of alkyl halides is 2. The van der Waals surface area contributed by atoms with Crippen molar-refractivity contribution in [3.8, 4) is 0 Å². The molecule has 0 bridgehead atoms. The van der Waals surface area contributed by atoms with Crippen LogP contribution in [0.4, 0.5) is 14.5 Å². The van der Waals surface area contributed by atoms with Gasteiger partial charge in [0.15, 0.2) is 0 Å². The number of hydrogen-bond donors (Lipinski definition) is 2. The van der Waals surface area contributed by atoms with Crippen molar-refractivity contribution in [1.82, 2.24) is 5.32 Å². The minimum atomic E-state index is -2.49. The Kier molecular flexibility index (Phi) is 5.92. The number of nitrogens with one attached hydrogen (secondary N) is 2. The monoisotopic (exact) mass is 350 g/mol. The lowest BCUT2D eigenvalue weighted by molar-refractivity contribution is 0.0962. The minimum absolute atomic E-state index is 0.205. The molecule has 0 aliphatic heterocycles. The molecule has 0 aliphatic rings. The summed E-state index contributed by atoms with van der Waals surface area (Å²) in [6.07, 6.45) is 0. The largest absolute Gasteiger partial charge is 0.355 e. The van der Waals surface area contributed by atoms with Gasteiger partial charge in [0.25, 0.3) is 17.6 Å². The van der Waals surface area contributed by atoms with Crippen molar-refractivity contribution in [3.63, 3.8) is 0 Å². The summed E-state index contributed by atoms with van der Waals surface area (Å²) in [5.41, 5.74) is 2.19. The molecule has 0 atom stereocenters. The van der Waals surface area contributed by atoms with Gasteiger partial charge >= 0.3 is 0 Å². The number of halogens is 2. The Balaban J connectivity index is 2.10. The molecular weight excluding hydrogens is 334 g/mol. The molecule has 0 heterocycles. The number of hydrogen-bond acceptors (Lipinski definition) is 3. The fourth-order valence-corrected chi connectivity index (χ4v) is 2.57. The van der Waals surface area contributed by atoms with Crippen LogP contribution in [0, 0.1) is 6.92 Å². The topological polar surface area (TPSA) is 58.2 Å². The highest BCUT2D eigenvalue weighted by Crippen LogP contribution is 2.25. The van der Waals surface area contributed by atoms with E-state index in [1.165, 1.54) is 24.3 Å². The quantitative estimate of drug-likeness (QED) is 0.804. The normalized spacial score (nSPS) is 10.5. The van der Waals surface area contributed by atoms with Crippen molar-refractivity contribution in [2.75, 3.05) is 12.4 Å². The van der Waals surface area contributed by atoms with E-state index in [-0.39, 0.29) is 11.8 Å². The van der Waals surface area contributed by atoms with Crippen LogP contribution in [0.2, 0.25) is 0 Å². The SMILES string of the molecule is CNC(=O)c1ccc(NC(=O)c2ccc(SC(F)F)cc2)c(C)c1. The third-order valence-corrected chi connectivity index (χ3v) is 4.03. The van der Waals surface area contributed by atoms with Crippen molar-refractivity contribution < 1.29 is 18.4 Å². The molecule has 24 heavy (non-hydrogen) atoms. The smallest absolute Gasteiger partial charge is 0.288 e. The number of benzene rings is 2. The van der Waals surface area contributed by atoms with Crippen LogP contribution in [0.15, 0.2) is 47.4 Å². The van der Waals surface area contributed by atoms with E-state index < -0.39 is 5.76 Å². The van der Waals surface area contributed by atoms with Crippen molar-refractivity contribution >= 4 is 29.3 Å². The lowest BCUT2D eigenvalue weighted by atomic mass is 10.1. The number of amides is 2. The number of anilines is 1. The van der Waals surface area contributed by atoms with Gasteiger partial charge in [-0.05, 0) is 55.0 Å². The summed E-state index contributed by atoms with van der Waals surface area (Å²) >= 11 is 0.429. The third kappa shape index (κ3) is 4.55. The van der Waals surface area contributed by atoms with Crippen LogP contribution < -0.4 is 10.6 Å². The van der Waals surface area contributed by atoms with Gasteiger partial charge in [0.1, 0.15) is 0 Å². The Labute approximate surface area is 142 Å². The minimum Gasteiger partial charge on any atom is -0.355 e. The van der Waals surface area contributed by atoms with Gasteiger partial charge in [0.2, 0.25) is 0 Å². The average Bonchev–Trinajstić information content (AvgIpc) is 2.56. The zero-order valence-corrected chi connectivity index (χ0v) is 13.9. The molecule has 126 valence electrons. The fraction of sp³-hybridized carbons (Fsp3) is 0.176. The molecule has 0 spiro atoms. The van der Waals surface area contributed by atoms with Crippen LogP contribution in [0.25, 0.3) is 0 Å². The Morgan fingerprint density at radius 2 is 1.62 bits per heavy atom. The molecule has 0 aliphatic carbocycles. The van der Waals surface area contributed by atoms with Crippen molar-refractivity contribution in [1.29, 1.82) is 0 Å². The predicted octanol–water partition coefficient (Wildman–Crippen LogP) is 3.92. The van der Waals surface area contributed by atoms with Gasteiger partial charge in [-0.25, -0.2) is 0 Å². The lowest BCUT2D eigenvalue weighted by Crippen LogP contribution is -2.18. The van der Waals surface area contributed by atoms with Crippen LogP contribution in [0.5, 0.6) is 0 Å². The summed E-state index contributed by atoms with van der Waals surface area (Å²) < 4.78 is 24.6. The Hall–Kier alpha value is -2.41. The predicted molar refractivity (Wildman–Crippen MR) is 90.8 cm³/mol. The molecule has 0 saturated carbocycles. The molecule has 0 radical (unpaired) electrons. The highest BCUT2D eigenvalue weighted by Gasteiger charge is 2.11. The first kappa shape index (κ1) is 17.9. The van der Waals surface area contributed by atoms with Gasteiger partial charge < -0.3 is 10.6 Å². The molecule has 0 unspecified atom stereocenters. The summed E-state index contributed by atoms with van der Waals surface area (Å²) in [5, 5.41) is 5.28. The summed E-state index contributed by atoms with van der Waals surface area (Å²) in [6.45, 7) is 1.78. The number of carbonyl (C=O) groups is 2. The number of aryl methyl sites for hydroxylation is 1. The Morgan fingerprint density at radius 1 is 1.00 bits per heavy atom. The van der Waals surface area contributed by atoms with Gasteiger partial charge in [-0.15, -0.1) is 0 Å². The summed E-state index contributed by atoms with van der Waals surface area (Å²) in [7, 11) is 1.54.